The van der Waals surface area contributed by atoms with Crippen LogP contribution >= 0.6 is 0 Å². The lowest BCUT2D eigenvalue weighted by atomic mass is 9.90. The first-order valence-electron chi connectivity index (χ1n) is 7.25. The van der Waals surface area contributed by atoms with Gasteiger partial charge in [-0.15, -0.1) is 0 Å². The van der Waals surface area contributed by atoms with E-state index in [9.17, 15) is 0 Å². The third kappa shape index (κ3) is 1.17. The summed E-state index contributed by atoms with van der Waals surface area (Å²) >= 11 is 0. The summed E-state index contributed by atoms with van der Waals surface area (Å²) in [6, 6.07) is 17.8. The third-order valence-corrected chi connectivity index (χ3v) is 4.73. The van der Waals surface area contributed by atoms with Crippen molar-refractivity contribution >= 4 is 16.8 Å². The fourth-order valence-corrected chi connectivity index (χ4v) is 3.90. The van der Waals surface area contributed by atoms with Gasteiger partial charge in [0.05, 0.1) is 0 Å². The van der Waals surface area contributed by atoms with Crippen molar-refractivity contribution in [3.8, 4) is 11.1 Å². The highest BCUT2D eigenvalue weighted by Gasteiger charge is 2.26. The van der Waals surface area contributed by atoms with Gasteiger partial charge in [0, 0.05) is 0 Å². The zero-order valence-corrected chi connectivity index (χ0v) is 11.2. The molecule has 0 heterocycles. The largest absolute Gasteiger partial charge is 0.0795 e. The van der Waals surface area contributed by atoms with Crippen LogP contribution < -0.4 is 0 Å². The summed E-state index contributed by atoms with van der Waals surface area (Å²) in [4.78, 5) is 0. The molecular formula is C20H14. The molecule has 0 amide bonds. The highest BCUT2D eigenvalue weighted by atomic mass is 14.3. The number of allylic oxidation sites excluding steroid dienone is 1. The molecule has 2 aliphatic carbocycles. The van der Waals surface area contributed by atoms with Crippen molar-refractivity contribution < 1.29 is 0 Å². The summed E-state index contributed by atoms with van der Waals surface area (Å²) in [6.07, 6.45) is 6.78. The van der Waals surface area contributed by atoms with E-state index in [4.69, 9.17) is 0 Å². The summed E-state index contributed by atoms with van der Waals surface area (Å²) in [5, 5.41) is 2.89. The van der Waals surface area contributed by atoms with Crippen molar-refractivity contribution in [3.63, 3.8) is 0 Å². The molecule has 0 unspecified atom stereocenters. The minimum atomic E-state index is 1.07. The first kappa shape index (κ1) is 10.4. The van der Waals surface area contributed by atoms with E-state index < -0.39 is 0 Å². The average Bonchev–Trinajstić information content (AvgIpc) is 3.11. The van der Waals surface area contributed by atoms with Gasteiger partial charge in [-0.05, 0) is 57.0 Å². The van der Waals surface area contributed by atoms with E-state index in [2.05, 4.69) is 60.7 Å². The fourth-order valence-electron chi connectivity index (χ4n) is 3.90. The summed E-state index contributed by atoms with van der Waals surface area (Å²) in [5.41, 5.74) is 8.90. The lowest BCUT2D eigenvalue weighted by Crippen LogP contribution is -1.92. The minimum Gasteiger partial charge on any atom is -0.0795 e. The van der Waals surface area contributed by atoms with E-state index >= 15 is 0 Å². The van der Waals surface area contributed by atoms with Crippen LogP contribution in [0.4, 0.5) is 0 Å². The highest BCUT2D eigenvalue weighted by Crippen LogP contribution is 2.46. The SMILES string of the molecule is C1=Cc2c3c(c4ccccc4c2C1)Cc1ccccc1-3. The van der Waals surface area contributed by atoms with Gasteiger partial charge in [-0.1, -0.05) is 60.7 Å². The van der Waals surface area contributed by atoms with Crippen molar-refractivity contribution in [2.75, 3.05) is 0 Å². The van der Waals surface area contributed by atoms with E-state index in [1.165, 1.54) is 44.2 Å². The molecule has 20 heavy (non-hydrogen) atoms. The number of rotatable bonds is 0. The molecule has 0 spiro atoms. The number of hydrogen-bond donors (Lipinski definition) is 0. The standard InChI is InChI=1S/C20H14/c1-2-7-14-13(6-1)12-19-17-9-4-3-8-15(17)16-10-5-11-18(16)20(14)19/h1-9,11H,10,12H2. The van der Waals surface area contributed by atoms with E-state index in [1.807, 2.05) is 0 Å². The van der Waals surface area contributed by atoms with Gasteiger partial charge in [0.2, 0.25) is 0 Å². The van der Waals surface area contributed by atoms with Crippen LogP contribution in [0.3, 0.4) is 0 Å². The molecule has 0 radical (unpaired) electrons. The second-order valence-corrected chi connectivity index (χ2v) is 5.73. The van der Waals surface area contributed by atoms with Crippen molar-refractivity contribution in [3.05, 3.63) is 76.9 Å². The lowest BCUT2D eigenvalue weighted by molar-refractivity contribution is 1.27. The average molecular weight is 254 g/mol. The van der Waals surface area contributed by atoms with Crippen LogP contribution in [0.15, 0.2) is 54.6 Å². The number of benzene rings is 3. The Morgan fingerprint density at radius 1 is 0.750 bits per heavy atom. The summed E-state index contributed by atoms with van der Waals surface area (Å²) in [6.45, 7) is 0. The van der Waals surface area contributed by atoms with Crippen LogP contribution in [0.1, 0.15) is 22.3 Å². The van der Waals surface area contributed by atoms with Crippen LogP contribution in [0.25, 0.3) is 28.0 Å². The van der Waals surface area contributed by atoms with Gasteiger partial charge in [-0.2, -0.15) is 0 Å². The topological polar surface area (TPSA) is 0 Å². The summed E-state index contributed by atoms with van der Waals surface area (Å²) < 4.78 is 0. The Bertz CT molecular complexity index is 897. The molecule has 0 nitrogen and oxygen atoms in total. The number of fused-ring (bicyclic) bond motifs is 8. The van der Waals surface area contributed by atoms with E-state index in [0.717, 1.165) is 12.8 Å². The van der Waals surface area contributed by atoms with Gasteiger partial charge < -0.3 is 0 Å². The van der Waals surface area contributed by atoms with Crippen LogP contribution in [-0.4, -0.2) is 0 Å². The van der Waals surface area contributed by atoms with Crippen LogP contribution in [0.2, 0.25) is 0 Å². The van der Waals surface area contributed by atoms with Gasteiger partial charge in [-0.25, -0.2) is 0 Å². The maximum absolute atomic E-state index is 2.32. The monoisotopic (exact) mass is 254 g/mol. The van der Waals surface area contributed by atoms with Crippen molar-refractivity contribution in [2.24, 2.45) is 0 Å². The second-order valence-electron chi connectivity index (χ2n) is 5.73. The Morgan fingerprint density at radius 2 is 1.50 bits per heavy atom. The minimum absolute atomic E-state index is 1.07. The molecule has 2 aliphatic rings. The molecule has 0 bridgehead atoms. The Morgan fingerprint density at radius 3 is 2.40 bits per heavy atom. The Kier molecular flexibility index (Phi) is 1.88. The predicted octanol–water partition coefficient (Wildman–Crippen LogP) is 4.98. The van der Waals surface area contributed by atoms with Gasteiger partial charge >= 0.3 is 0 Å². The van der Waals surface area contributed by atoms with Crippen LogP contribution in [0, 0.1) is 0 Å². The maximum Gasteiger partial charge on any atom is -0.000706 e. The van der Waals surface area contributed by atoms with Gasteiger partial charge in [0.1, 0.15) is 0 Å². The molecule has 0 fully saturated rings. The van der Waals surface area contributed by atoms with E-state index in [1.54, 1.807) is 0 Å². The lowest BCUT2D eigenvalue weighted by Gasteiger charge is -2.13. The van der Waals surface area contributed by atoms with Crippen molar-refractivity contribution in [1.82, 2.24) is 0 Å². The molecule has 3 aromatic rings. The zero-order valence-electron chi connectivity index (χ0n) is 11.2. The Balaban J connectivity index is 2.01. The molecule has 0 heteroatoms. The van der Waals surface area contributed by atoms with Crippen molar-refractivity contribution in [2.45, 2.75) is 12.8 Å². The summed E-state index contributed by atoms with van der Waals surface area (Å²) in [5.74, 6) is 0. The third-order valence-electron chi connectivity index (χ3n) is 4.73. The molecule has 0 aliphatic heterocycles. The van der Waals surface area contributed by atoms with Gasteiger partial charge in [-0.3, -0.25) is 0 Å². The van der Waals surface area contributed by atoms with E-state index in [0.29, 0.717) is 0 Å². The first-order chi connectivity index (χ1) is 9.93. The van der Waals surface area contributed by atoms with Gasteiger partial charge in [0.25, 0.3) is 0 Å². The molecular weight excluding hydrogens is 240 g/mol. The first-order valence-corrected chi connectivity index (χ1v) is 7.25. The molecule has 5 rings (SSSR count). The highest BCUT2D eigenvalue weighted by molar-refractivity contribution is 6.03. The molecule has 94 valence electrons. The Labute approximate surface area is 118 Å². The van der Waals surface area contributed by atoms with E-state index in [-0.39, 0.29) is 0 Å². The Hall–Kier alpha value is -2.34. The van der Waals surface area contributed by atoms with Crippen LogP contribution in [-0.2, 0) is 12.8 Å². The predicted molar refractivity (Wildman–Crippen MR) is 84.9 cm³/mol. The molecule has 0 saturated heterocycles. The zero-order chi connectivity index (χ0) is 13.1. The maximum atomic E-state index is 2.32. The molecule has 3 aromatic carbocycles. The summed E-state index contributed by atoms with van der Waals surface area (Å²) in [7, 11) is 0. The normalized spacial score (nSPS) is 14.4. The van der Waals surface area contributed by atoms with Gasteiger partial charge in [0.15, 0.2) is 0 Å². The second kappa shape index (κ2) is 3.61. The number of hydrogen-bond acceptors (Lipinski definition) is 0. The smallest absolute Gasteiger partial charge is 0.000706 e. The molecule has 0 saturated carbocycles. The van der Waals surface area contributed by atoms with Crippen LogP contribution in [0.5, 0.6) is 0 Å². The quantitative estimate of drug-likeness (QED) is 0.415. The van der Waals surface area contributed by atoms with Crippen molar-refractivity contribution in [1.29, 1.82) is 0 Å². The molecule has 0 aromatic heterocycles. The molecule has 0 N–H and O–H groups in total. The fraction of sp³-hybridized carbons (Fsp3) is 0.100. The molecule has 0 atom stereocenters.